The Morgan fingerprint density at radius 3 is 2.65 bits per heavy atom. The van der Waals surface area contributed by atoms with Gasteiger partial charge in [-0.2, -0.15) is 0 Å². The highest BCUT2D eigenvalue weighted by Crippen LogP contribution is 2.20. The van der Waals surface area contributed by atoms with Gasteiger partial charge in [-0.1, -0.05) is 13.8 Å². The fourth-order valence-corrected chi connectivity index (χ4v) is 2.14. The van der Waals surface area contributed by atoms with Crippen LogP contribution in [-0.4, -0.2) is 54.3 Å². The number of nitrogens with one attached hydrogen (secondary N) is 1. The number of morpholine rings is 1. The van der Waals surface area contributed by atoms with Gasteiger partial charge in [-0.05, 0) is 6.92 Å². The van der Waals surface area contributed by atoms with Crippen LogP contribution in [0.25, 0.3) is 0 Å². The maximum Gasteiger partial charge on any atom is 0.135 e. The van der Waals surface area contributed by atoms with Gasteiger partial charge in [-0.3, -0.25) is 4.90 Å². The predicted octanol–water partition coefficient (Wildman–Crippen LogP) is 1.23. The minimum absolute atomic E-state index is 0.276. The van der Waals surface area contributed by atoms with Crippen LogP contribution in [0.5, 0.6) is 0 Å². The van der Waals surface area contributed by atoms with Crippen molar-refractivity contribution in [1.29, 1.82) is 0 Å². The summed E-state index contributed by atoms with van der Waals surface area (Å²) in [5.74, 6) is 2.49. The van der Waals surface area contributed by atoms with Crippen LogP contribution in [0.4, 0.5) is 11.6 Å². The normalized spacial score (nSPS) is 16.6. The van der Waals surface area contributed by atoms with E-state index in [-0.39, 0.29) is 5.92 Å². The van der Waals surface area contributed by atoms with Crippen LogP contribution in [0.1, 0.15) is 31.2 Å². The fraction of sp³-hybridized carbons (Fsp3) is 0.714. The quantitative estimate of drug-likeness (QED) is 0.844. The van der Waals surface area contributed by atoms with Crippen LogP contribution < -0.4 is 11.1 Å². The van der Waals surface area contributed by atoms with Crippen LogP contribution in [0, 0.1) is 6.92 Å². The zero-order valence-corrected chi connectivity index (χ0v) is 12.6. The first-order chi connectivity index (χ1) is 9.58. The van der Waals surface area contributed by atoms with E-state index in [2.05, 4.69) is 34.0 Å². The minimum atomic E-state index is 0.276. The van der Waals surface area contributed by atoms with E-state index in [0.29, 0.717) is 5.82 Å². The number of nitrogens with zero attached hydrogens (tertiary/aromatic N) is 3. The molecule has 20 heavy (non-hydrogen) atoms. The average Bonchev–Trinajstić information content (AvgIpc) is 2.44. The summed E-state index contributed by atoms with van der Waals surface area (Å²) < 4.78 is 5.34. The van der Waals surface area contributed by atoms with Crippen molar-refractivity contribution in [2.75, 3.05) is 50.4 Å². The van der Waals surface area contributed by atoms with Crippen LogP contribution in [0.15, 0.2) is 0 Å². The molecule has 0 spiro atoms. The zero-order chi connectivity index (χ0) is 14.5. The Morgan fingerprint density at radius 2 is 2.00 bits per heavy atom. The second-order valence-electron chi connectivity index (χ2n) is 5.48. The Balaban J connectivity index is 1.94. The van der Waals surface area contributed by atoms with E-state index in [1.165, 1.54) is 0 Å². The summed E-state index contributed by atoms with van der Waals surface area (Å²) in [6, 6.07) is 0. The molecule has 0 aromatic carbocycles. The summed E-state index contributed by atoms with van der Waals surface area (Å²) in [6.45, 7) is 11.6. The Kier molecular flexibility index (Phi) is 5.14. The summed E-state index contributed by atoms with van der Waals surface area (Å²) in [4.78, 5) is 11.3. The third kappa shape index (κ3) is 3.80. The Labute approximate surface area is 120 Å². The first kappa shape index (κ1) is 15.0. The van der Waals surface area contributed by atoms with E-state index < -0.39 is 0 Å². The Morgan fingerprint density at radius 1 is 1.30 bits per heavy atom. The molecule has 6 nitrogen and oxygen atoms in total. The molecule has 2 rings (SSSR count). The Hall–Kier alpha value is -1.40. The molecule has 0 saturated carbocycles. The van der Waals surface area contributed by atoms with E-state index in [0.717, 1.165) is 56.6 Å². The van der Waals surface area contributed by atoms with Gasteiger partial charge in [0, 0.05) is 37.7 Å². The maximum atomic E-state index is 5.96. The minimum Gasteiger partial charge on any atom is -0.383 e. The fourth-order valence-electron chi connectivity index (χ4n) is 2.14. The summed E-state index contributed by atoms with van der Waals surface area (Å²) in [6.07, 6.45) is 0. The van der Waals surface area contributed by atoms with Gasteiger partial charge >= 0.3 is 0 Å². The van der Waals surface area contributed by atoms with Crippen molar-refractivity contribution in [2.45, 2.75) is 26.7 Å². The van der Waals surface area contributed by atoms with Crippen LogP contribution in [0.2, 0.25) is 0 Å². The van der Waals surface area contributed by atoms with Crippen molar-refractivity contribution in [2.24, 2.45) is 0 Å². The first-order valence-corrected chi connectivity index (χ1v) is 7.26. The van der Waals surface area contributed by atoms with Crippen molar-refractivity contribution >= 4 is 11.6 Å². The average molecular weight is 279 g/mol. The summed E-state index contributed by atoms with van der Waals surface area (Å²) in [5.41, 5.74) is 6.88. The molecule has 0 unspecified atom stereocenters. The van der Waals surface area contributed by atoms with Crippen molar-refractivity contribution in [3.63, 3.8) is 0 Å². The molecule has 1 aliphatic heterocycles. The molecule has 0 bridgehead atoms. The Bertz CT molecular complexity index is 443. The van der Waals surface area contributed by atoms with Gasteiger partial charge in [0.2, 0.25) is 0 Å². The number of anilines is 2. The van der Waals surface area contributed by atoms with Crippen molar-refractivity contribution in [1.82, 2.24) is 14.9 Å². The second kappa shape index (κ2) is 6.85. The molecule has 112 valence electrons. The largest absolute Gasteiger partial charge is 0.383 e. The monoisotopic (exact) mass is 279 g/mol. The highest BCUT2D eigenvalue weighted by Gasteiger charge is 2.12. The molecule has 0 radical (unpaired) electrons. The van der Waals surface area contributed by atoms with Gasteiger partial charge in [0.1, 0.15) is 17.5 Å². The smallest absolute Gasteiger partial charge is 0.135 e. The molecule has 0 aliphatic carbocycles. The predicted molar refractivity (Wildman–Crippen MR) is 81.0 cm³/mol. The zero-order valence-electron chi connectivity index (χ0n) is 12.6. The van der Waals surface area contributed by atoms with E-state index in [4.69, 9.17) is 10.5 Å². The van der Waals surface area contributed by atoms with Gasteiger partial charge in [-0.15, -0.1) is 0 Å². The van der Waals surface area contributed by atoms with Crippen molar-refractivity contribution in [3.8, 4) is 0 Å². The molecule has 1 aromatic heterocycles. The molecule has 1 fully saturated rings. The third-order valence-electron chi connectivity index (χ3n) is 3.54. The van der Waals surface area contributed by atoms with Gasteiger partial charge in [0.25, 0.3) is 0 Å². The van der Waals surface area contributed by atoms with Crippen LogP contribution >= 0.6 is 0 Å². The molecular formula is C14H25N5O. The lowest BCUT2D eigenvalue weighted by Gasteiger charge is -2.26. The molecule has 6 heteroatoms. The lowest BCUT2D eigenvalue weighted by atomic mass is 10.2. The van der Waals surface area contributed by atoms with Crippen LogP contribution in [0.3, 0.4) is 0 Å². The van der Waals surface area contributed by atoms with E-state index in [1.807, 2.05) is 6.92 Å². The van der Waals surface area contributed by atoms with Gasteiger partial charge < -0.3 is 15.8 Å². The molecule has 2 heterocycles. The number of ether oxygens (including phenoxy) is 1. The van der Waals surface area contributed by atoms with E-state index in [1.54, 1.807) is 0 Å². The van der Waals surface area contributed by atoms with Crippen molar-refractivity contribution < 1.29 is 4.74 Å². The number of rotatable bonds is 5. The number of aromatic nitrogens is 2. The molecule has 0 amide bonds. The number of hydrogen-bond donors (Lipinski definition) is 2. The standard InChI is InChI=1S/C14H25N5O/c1-10(2)13-17-12(15)11(3)14(18-13)16-4-5-19-6-8-20-9-7-19/h10H,4-9H2,1-3H3,(H3,15,16,17,18). The van der Waals surface area contributed by atoms with Gasteiger partial charge in [0.15, 0.2) is 0 Å². The summed E-state index contributed by atoms with van der Waals surface area (Å²) in [7, 11) is 0. The SMILES string of the molecule is Cc1c(N)nc(C(C)C)nc1NCCN1CCOCC1. The molecule has 1 saturated heterocycles. The van der Waals surface area contributed by atoms with Gasteiger partial charge in [-0.25, -0.2) is 9.97 Å². The van der Waals surface area contributed by atoms with Crippen molar-refractivity contribution in [3.05, 3.63) is 11.4 Å². The molecule has 3 N–H and O–H groups in total. The highest BCUT2D eigenvalue weighted by atomic mass is 16.5. The lowest BCUT2D eigenvalue weighted by Crippen LogP contribution is -2.39. The number of nitrogens with two attached hydrogens (primary N) is 1. The second-order valence-corrected chi connectivity index (χ2v) is 5.48. The third-order valence-corrected chi connectivity index (χ3v) is 3.54. The highest BCUT2D eigenvalue weighted by molar-refractivity contribution is 5.54. The molecule has 0 atom stereocenters. The number of hydrogen-bond acceptors (Lipinski definition) is 6. The maximum absolute atomic E-state index is 5.96. The molecular weight excluding hydrogens is 254 g/mol. The molecule has 1 aliphatic rings. The lowest BCUT2D eigenvalue weighted by molar-refractivity contribution is 0.0398. The first-order valence-electron chi connectivity index (χ1n) is 7.26. The van der Waals surface area contributed by atoms with E-state index in [9.17, 15) is 0 Å². The van der Waals surface area contributed by atoms with Crippen LogP contribution in [-0.2, 0) is 4.74 Å². The van der Waals surface area contributed by atoms with Gasteiger partial charge in [0.05, 0.1) is 13.2 Å². The number of nitrogen functional groups attached to an aromatic ring is 1. The van der Waals surface area contributed by atoms with E-state index >= 15 is 0 Å². The summed E-state index contributed by atoms with van der Waals surface area (Å²) in [5, 5.41) is 3.38. The summed E-state index contributed by atoms with van der Waals surface area (Å²) >= 11 is 0. The topological polar surface area (TPSA) is 76.3 Å². The molecule has 1 aromatic rings.